The number of ether oxygens (including phenoxy) is 1. The van der Waals surface area contributed by atoms with Crippen molar-refractivity contribution in [2.75, 3.05) is 7.11 Å². The van der Waals surface area contributed by atoms with Gasteiger partial charge in [0.2, 0.25) is 17.7 Å². The predicted octanol–water partition coefficient (Wildman–Crippen LogP) is 3.75. The average molecular weight is 568 g/mol. The normalized spacial score (nSPS) is 17.6. The van der Waals surface area contributed by atoms with Crippen molar-refractivity contribution in [1.82, 2.24) is 16.0 Å². The molecule has 0 saturated heterocycles. The van der Waals surface area contributed by atoms with Crippen LogP contribution in [0.1, 0.15) is 58.1 Å². The number of carbonyl (C=O) groups is 4. The first-order valence-electron chi connectivity index (χ1n) is 12.2. The number of ketones is 1. The second-order valence-electron chi connectivity index (χ2n) is 9.79. The second kappa shape index (κ2) is 12.2. The topological polar surface area (TPSA) is 114 Å². The summed E-state index contributed by atoms with van der Waals surface area (Å²) in [5, 5.41) is 6.33. The van der Waals surface area contributed by atoms with Gasteiger partial charge in [-0.1, -0.05) is 38.8 Å². The fourth-order valence-corrected chi connectivity index (χ4v) is 4.33. The predicted molar refractivity (Wildman–Crippen MR) is 126 cm³/mol. The van der Waals surface area contributed by atoms with Crippen molar-refractivity contribution in [1.29, 1.82) is 0 Å². The SMILES string of the molecule is COc1ccc([C@H](NC(=O)[C@H](C)NC(=O)C2(C(F)(F)F)CCCC2)C(=O)N[C@H](C(=O)C(F)(F)F)C(C)C)cc1. The van der Waals surface area contributed by atoms with Crippen LogP contribution >= 0.6 is 0 Å². The molecule has 0 unspecified atom stereocenters. The summed E-state index contributed by atoms with van der Waals surface area (Å²) < 4.78 is 85.5. The standard InChI is InChI=1S/C25H31F6N3O5/c1-13(2)17(19(35)24(26,27)28)33-21(37)18(15-7-9-16(39-4)10-8-15)34-20(36)14(3)32-22(38)23(25(29,30)31)11-5-6-12-23/h7-10,13-14,17-18H,5-6,11-12H2,1-4H3,(H,32,38)(H,33,37)(H,34,36)/t14-,17-,18-/m0/s1. The maximum absolute atomic E-state index is 13.7. The number of carbonyl (C=O) groups excluding carboxylic acids is 4. The summed E-state index contributed by atoms with van der Waals surface area (Å²) in [4.78, 5) is 50.5. The lowest BCUT2D eigenvalue weighted by molar-refractivity contribution is -0.220. The number of Topliss-reactive ketones (excluding diaryl/α,β-unsaturated/α-hetero) is 1. The summed E-state index contributed by atoms with van der Waals surface area (Å²) in [6, 6.07) is 0.305. The first-order valence-corrected chi connectivity index (χ1v) is 12.2. The number of benzene rings is 1. The van der Waals surface area contributed by atoms with Crippen molar-refractivity contribution in [3.8, 4) is 5.75 Å². The molecule has 3 N–H and O–H groups in total. The molecule has 3 amide bonds. The van der Waals surface area contributed by atoms with E-state index in [2.05, 4.69) is 10.6 Å². The number of methoxy groups -OCH3 is 1. The molecule has 1 fully saturated rings. The number of halogens is 6. The van der Waals surface area contributed by atoms with E-state index < -0.39 is 78.2 Å². The van der Waals surface area contributed by atoms with Gasteiger partial charge in [0.25, 0.3) is 5.78 Å². The molecule has 1 aromatic rings. The van der Waals surface area contributed by atoms with Gasteiger partial charge in [-0.15, -0.1) is 0 Å². The number of nitrogens with one attached hydrogen (secondary N) is 3. The summed E-state index contributed by atoms with van der Waals surface area (Å²) in [5.41, 5.74) is -2.57. The molecule has 14 heteroatoms. The van der Waals surface area contributed by atoms with Crippen LogP contribution in [0.15, 0.2) is 24.3 Å². The smallest absolute Gasteiger partial charge is 0.452 e. The third-order valence-corrected chi connectivity index (χ3v) is 6.70. The van der Waals surface area contributed by atoms with Gasteiger partial charge in [0.15, 0.2) is 0 Å². The van der Waals surface area contributed by atoms with E-state index >= 15 is 0 Å². The molecule has 8 nitrogen and oxygen atoms in total. The highest BCUT2D eigenvalue weighted by Crippen LogP contribution is 2.50. The molecule has 1 aromatic carbocycles. The summed E-state index contributed by atoms with van der Waals surface area (Å²) in [6.07, 6.45) is -10.6. The van der Waals surface area contributed by atoms with Crippen LogP contribution in [0.4, 0.5) is 26.3 Å². The molecule has 0 radical (unpaired) electrons. The molecule has 0 aromatic heterocycles. The monoisotopic (exact) mass is 567 g/mol. The van der Waals surface area contributed by atoms with E-state index in [4.69, 9.17) is 4.74 Å². The van der Waals surface area contributed by atoms with Crippen LogP contribution in [0, 0.1) is 11.3 Å². The number of amides is 3. The van der Waals surface area contributed by atoms with E-state index in [-0.39, 0.29) is 18.4 Å². The van der Waals surface area contributed by atoms with Crippen molar-refractivity contribution < 1.29 is 50.3 Å². The van der Waals surface area contributed by atoms with Gasteiger partial charge in [0, 0.05) is 0 Å². The molecule has 1 aliphatic carbocycles. The Kier molecular flexibility index (Phi) is 10.0. The second-order valence-corrected chi connectivity index (χ2v) is 9.79. The molecule has 0 aliphatic heterocycles. The summed E-state index contributed by atoms with van der Waals surface area (Å²) in [5.74, 6) is -6.44. The van der Waals surface area contributed by atoms with Crippen molar-refractivity contribution in [2.24, 2.45) is 11.3 Å². The maximum atomic E-state index is 13.7. The molecule has 39 heavy (non-hydrogen) atoms. The highest BCUT2D eigenvalue weighted by Gasteiger charge is 2.61. The number of alkyl halides is 6. The Morgan fingerprint density at radius 1 is 0.846 bits per heavy atom. The van der Waals surface area contributed by atoms with Crippen molar-refractivity contribution in [3.05, 3.63) is 29.8 Å². The minimum absolute atomic E-state index is 0.0738. The minimum Gasteiger partial charge on any atom is -0.497 e. The molecule has 0 heterocycles. The van der Waals surface area contributed by atoms with E-state index in [1.54, 1.807) is 0 Å². The van der Waals surface area contributed by atoms with E-state index in [9.17, 15) is 45.5 Å². The van der Waals surface area contributed by atoms with Gasteiger partial charge in [-0.05, 0) is 43.4 Å². The Balaban J connectivity index is 2.30. The summed E-state index contributed by atoms with van der Waals surface area (Å²) >= 11 is 0. The largest absolute Gasteiger partial charge is 0.497 e. The summed E-state index contributed by atoms with van der Waals surface area (Å²) in [6.45, 7) is 3.68. The number of hydrogen-bond acceptors (Lipinski definition) is 5. The molecule has 1 aliphatic rings. The Morgan fingerprint density at radius 2 is 1.38 bits per heavy atom. The lowest BCUT2D eigenvalue weighted by Crippen LogP contribution is -2.56. The highest BCUT2D eigenvalue weighted by atomic mass is 19.4. The molecule has 0 spiro atoms. The van der Waals surface area contributed by atoms with Gasteiger partial charge in [-0.3, -0.25) is 19.2 Å². The fraction of sp³-hybridized carbons (Fsp3) is 0.600. The van der Waals surface area contributed by atoms with E-state index in [0.717, 1.165) is 6.92 Å². The van der Waals surface area contributed by atoms with Crippen LogP contribution in [0.2, 0.25) is 0 Å². The lowest BCUT2D eigenvalue weighted by atomic mass is 9.84. The third-order valence-electron chi connectivity index (χ3n) is 6.70. The minimum atomic E-state index is -5.24. The molecule has 3 atom stereocenters. The Hall–Kier alpha value is -3.32. The number of rotatable bonds is 10. The van der Waals surface area contributed by atoms with E-state index in [0.29, 0.717) is 5.75 Å². The van der Waals surface area contributed by atoms with Crippen LogP contribution in [0.25, 0.3) is 0 Å². The van der Waals surface area contributed by atoms with Gasteiger partial charge in [-0.2, -0.15) is 26.3 Å². The van der Waals surface area contributed by atoms with Crippen molar-refractivity contribution in [3.63, 3.8) is 0 Å². The van der Waals surface area contributed by atoms with Gasteiger partial charge in [-0.25, -0.2) is 0 Å². The van der Waals surface area contributed by atoms with Crippen LogP contribution in [0.5, 0.6) is 5.75 Å². The van der Waals surface area contributed by atoms with Gasteiger partial charge in [0.05, 0.1) is 13.2 Å². The van der Waals surface area contributed by atoms with Gasteiger partial charge >= 0.3 is 12.4 Å². The van der Waals surface area contributed by atoms with Gasteiger partial charge in [0.1, 0.15) is 23.2 Å². The van der Waals surface area contributed by atoms with E-state index in [1.165, 1.54) is 45.2 Å². The quantitative estimate of drug-likeness (QED) is 0.373. The fourth-order valence-electron chi connectivity index (χ4n) is 4.33. The van der Waals surface area contributed by atoms with Crippen LogP contribution < -0.4 is 20.7 Å². The molecule has 218 valence electrons. The van der Waals surface area contributed by atoms with Gasteiger partial charge < -0.3 is 20.7 Å². The zero-order valence-electron chi connectivity index (χ0n) is 21.8. The van der Waals surface area contributed by atoms with Crippen LogP contribution in [-0.2, 0) is 19.2 Å². The lowest BCUT2D eigenvalue weighted by Gasteiger charge is -2.31. The zero-order chi connectivity index (χ0) is 29.8. The van der Waals surface area contributed by atoms with Crippen molar-refractivity contribution in [2.45, 2.75) is 76.9 Å². The van der Waals surface area contributed by atoms with Crippen LogP contribution in [-0.4, -0.2) is 55.1 Å². The first-order chi connectivity index (χ1) is 17.9. The molecular formula is C25H31F6N3O5. The third kappa shape index (κ3) is 7.41. The summed E-state index contributed by atoms with van der Waals surface area (Å²) in [7, 11) is 1.36. The molecule has 0 bridgehead atoms. The molecule has 2 rings (SSSR count). The van der Waals surface area contributed by atoms with E-state index in [1.807, 2.05) is 5.32 Å². The Morgan fingerprint density at radius 3 is 1.82 bits per heavy atom. The molecular weight excluding hydrogens is 536 g/mol. The number of hydrogen-bond donors (Lipinski definition) is 3. The average Bonchev–Trinajstić information content (AvgIpc) is 3.36. The zero-order valence-corrected chi connectivity index (χ0v) is 21.8. The van der Waals surface area contributed by atoms with Crippen molar-refractivity contribution >= 4 is 23.5 Å². The Bertz CT molecular complexity index is 1050. The molecule has 1 saturated carbocycles. The Labute approximate surface area is 221 Å². The first kappa shape index (κ1) is 31.9. The van der Waals surface area contributed by atoms with Crippen LogP contribution in [0.3, 0.4) is 0 Å². The highest BCUT2D eigenvalue weighted by molar-refractivity contribution is 5.97. The maximum Gasteiger partial charge on any atom is 0.452 e.